The molecule has 1 atom stereocenters. The van der Waals surface area contributed by atoms with E-state index in [1.807, 2.05) is 6.92 Å². The predicted octanol–water partition coefficient (Wildman–Crippen LogP) is 4.93. The molecular weight excluding hydrogens is 344 g/mol. The van der Waals surface area contributed by atoms with Crippen molar-refractivity contribution in [1.29, 1.82) is 0 Å². The van der Waals surface area contributed by atoms with Crippen LogP contribution in [-0.4, -0.2) is 16.8 Å². The second-order valence-electron chi connectivity index (χ2n) is 4.60. The number of pyridine rings is 1. The van der Waals surface area contributed by atoms with E-state index >= 15 is 0 Å². The number of benzene rings is 1. The Morgan fingerprint density at radius 2 is 1.96 bits per heavy atom. The van der Waals surface area contributed by atoms with Gasteiger partial charge in [-0.3, -0.25) is 4.98 Å². The third-order valence-electron chi connectivity index (χ3n) is 2.98. The van der Waals surface area contributed by atoms with Crippen molar-refractivity contribution < 1.29 is 13.6 Å². The lowest BCUT2D eigenvalue weighted by Crippen LogP contribution is -2.31. The third kappa shape index (κ3) is 5.07. The quantitative estimate of drug-likeness (QED) is 0.746. The second kappa shape index (κ2) is 8.12. The molecule has 0 aliphatic carbocycles. The van der Waals surface area contributed by atoms with Gasteiger partial charge in [0.05, 0.1) is 21.6 Å². The van der Waals surface area contributed by atoms with Crippen LogP contribution in [0.25, 0.3) is 0 Å². The minimum atomic E-state index is -2.63. The zero-order chi connectivity index (χ0) is 16.8. The van der Waals surface area contributed by atoms with Crippen LogP contribution in [0.2, 0.25) is 5.02 Å². The van der Waals surface area contributed by atoms with Gasteiger partial charge in [-0.25, -0.2) is 4.79 Å². The van der Waals surface area contributed by atoms with Gasteiger partial charge in [-0.05, 0) is 36.8 Å². The Kier molecular flexibility index (Phi) is 6.18. The maximum atomic E-state index is 12.6. The van der Waals surface area contributed by atoms with Crippen molar-refractivity contribution in [2.24, 2.45) is 0 Å². The van der Waals surface area contributed by atoms with Gasteiger partial charge in [0.2, 0.25) is 0 Å². The second-order valence-corrected chi connectivity index (χ2v) is 6.00. The van der Waals surface area contributed by atoms with Crippen molar-refractivity contribution in [3.05, 3.63) is 53.3 Å². The van der Waals surface area contributed by atoms with E-state index in [0.29, 0.717) is 11.8 Å². The number of amides is 2. The van der Waals surface area contributed by atoms with Gasteiger partial charge < -0.3 is 10.6 Å². The normalized spacial score (nSPS) is 12.0. The van der Waals surface area contributed by atoms with E-state index in [-0.39, 0.29) is 21.6 Å². The van der Waals surface area contributed by atoms with Gasteiger partial charge in [-0.15, -0.1) is 0 Å². The lowest BCUT2D eigenvalue weighted by molar-refractivity contribution is 0.249. The predicted molar refractivity (Wildman–Crippen MR) is 88.1 cm³/mol. The summed E-state index contributed by atoms with van der Waals surface area (Å²) in [6, 6.07) is 7.39. The van der Waals surface area contributed by atoms with Crippen LogP contribution in [0.3, 0.4) is 0 Å². The standard InChI is InChI=1S/C15H14ClF2N3OS/c1-9(10-5-7-19-8-6-10)20-15(22)21-12-4-2-3-11(16)13(12)23-14(17)18/h2-9,14H,1H3,(H2,20,21,22). The van der Waals surface area contributed by atoms with Crippen molar-refractivity contribution >= 4 is 35.1 Å². The third-order valence-corrected chi connectivity index (χ3v) is 4.26. The molecule has 0 saturated heterocycles. The van der Waals surface area contributed by atoms with Crippen molar-refractivity contribution in [2.75, 3.05) is 5.32 Å². The summed E-state index contributed by atoms with van der Waals surface area (Å²) in [4.78, 5) is 16.1. The van der Waals surface area contributed by atoms with Crippen LogP contribution in [0.1, 0.15) is 18.5 Å². The van der Waals surface area contributed by atoms with Gasteiger partial charge in [-0.2, -0.15) is 8.78 Å². The topological polar surface area (TPSA) is 54.0 Å². The number of carbonyl (C=O) groups is 1. The lowest BCUT2D eigenvalue weighted by Gasteiger charge is -2.16. The van der Waals surface area contributed by atoms with Crippen molar-refractivity contribution in [1.82, 2.24) is 10.3 Å². The van der Waals surface area contributed by atoms with Gasteiger partial charge in [-0.1, -0.05) is 29.4 Å². The number of nitrogens with one attached hydrogen (secondary N) is 2. The Labute approximate surface area is 141 Å². The molecule has 4 nitrogen and oxygen atoms in total. The fourth-order valence-electron chi connectivity index (χ4n) is 1.91. The Morgan fingerprint density at radius 3 is 2.61 bits per heavy atom. The van der Waals surface area contributed by atoms with E-state index in [1.54, 1.807) is 30.6 Å². The Bertz CT molecular complexity index is 673. The number of rotatable bonds is 5. The minimum absolute atomic E-state index is 0.135. The van der Waals surface area contributed by atoms with Crippen LogP contribution in [0.15, 0.2) is 47.6 Å². The van der Waals surface area contributed by atoms with E-state index in [1.165, 1.54) is 12.1 Å². The fraction of sp³-hybridized carbons (Fsp3) is 0.200. The van der Waals surface area contributed by atoms with Gasteiger partial charge in [0.1, 0.15) is 0 Å². The number of thioether (sulfide) groups is 1. The summed E-state index contributed by atoms with van der Waals surface area (Å²) >= 11 is 6.22. The SMILES string of the molecule is CC(NC(=O)Nc1cccc(Cl)c1SC(F)F)c1ccncc1. The fourth-order valence-corrected chi connectivity index (χ4v) is 2.82. The number of aromatic nitrogens is 1. The highest BCUT2D eigenvalue weighted by atomic mass is 35.5. The molecule has 2 N–H and O–H groups in total. The molecule has 1 heterocycles. The molecule has 0 radical (unpaired) electrons. The van der Waals surface area contributed by atoms with E-state index in [2.05, 4.69) is 15.6 Å². The molecule has 0 aliphatic rings. The van der Waals surface area contributed by atoms with Gasteiger partial charge >= 0.3 is 6.03 Å². The minimum Gasteiger partial charge on any atom is -0.331 e. The molecule has 1 aromatic heterocycles. The number of hydrogen-bond donors (Lipinski definition) is 2. The summed E-state index contributed by atoms with van der Waals surface area (Å²) in [5.41, 5.74) is 1.12. The van der Waals surface area contributed by atoms with Crippen LogP contribution < -0.4 is 10.6 Å². The number of hydrogen-bond acceptors (Lipinski definition) is 3. The van der Waals surface area contributed by atoms with Crippen molar-refractivity contribution in [3.8, 4) is 0 Å². The smallest absolute Gasteiger partial charge is 0.319 e. The molecule has 122 valence electrons. The highest BCUT2D eigenvalue weighted by Crippen LogP contribution is 2.37. The summed E-state index contributed by atoms with van der Waals surface area (Å²) in [5.74, 6) is -2.63. The molecule has 2 amide bonds. The number of anilines is 1. The molecule has 1 aromatic carbocycles. The molecule has 2 aromatic rings. The molecule has 0 bridgehead atoms. The average molecular weight is 358 g/mol. The number of nitrogens with zero attached hydrogens (tertiary/aromatic N) is 1. The van der Waals surface area contributed by atoms with E-state index in [0.717, 1.165) is 5.56 Å². The number of carbonyl (C=O) groups excluding carboxylic acids is 1. The first-order valence-corrected chi connectivity index (χ1v) is 7.94. The van der Waals surface area contributed by atoms with Gasteiger partial charge in [0.15, 0.2) is 0 Å². The summed E-state index contributed by atoms with van der Waals surface area (Å²) < 4.78 is 25.2. The Morgan fingerprint density at radius 1 is 1.26 bits per heavy atom. The maximum absolute atomic E-state index is 12.6. The average Bonchev–Trinajstić information content (AvgIpc) is 2.51. The Balaban J connectivity index is 2.07. The number of alkyl halides is 2. The maximum Gasteiger partial charge on any atom is 0.319 e. The molecule has 1 unspecified atom stereocenters. The molecule has 2 rings (SSSR count). The monoisotopic (exact) mass is 357 g/mol. The largest absolute Gasteiger partial charge is 0.331 e. The molecule has 0 saturated carbocycles. The first kappa shape index (κ1) is 17.5. The van der Waals surface area contributed by atoms with Crippen molar-refractivity contribution in [3.63, 3.8) is 0 Å². The summed E-state index contributed by atoms with van der Waals surface area (Å²) in [6.07, 6.45) is 3.25. The van der Waals surface area contributed by atoms with Crippen molar-refractivity contribution in [2.45, 2.75) is 23.6 Å². The highest BCUT2D eigenvalue weighted by Gasteiger charge is 2.16. The van der Waals surface area contributed by atoms with Crippen LogP contribution in [0.5, 0.6) is 0 Å². The van der Waals surface area contributed by atoms with Crippen LogP contribution in [0, 0.1) is 0 Å². The first-order chi connectivity index (χ1) is 11.0. The molecule has 0 aliphatic heterocycles. The molecule has 0 fully saturated rings. The van der Waals surface area contributed by atoms with Gasteiger partial charge in [0.25, 0.3) is 5.76 Å². The summed E-state index contributed by atoms with van der Waals surface area (Å²) in [5, 5.41) is 5.44. The number of halogens is 3. The molecular formula is C15H14ClF2N3OS. The van der Waals surface area contributed by atoms with Crippen LogP contribution in [0.4, 0.5) is 19.3 Å². The zero-order valence-electron chi connectivity index (χ0n) is 12.1. The molecule has 23 heavy (non-hydrogen) atoms. The van der Waals surface area contributed by atoms with Crippen LogP contribution in [-0.2, 0) is 0 Å². The van der Waals surface area contributed by atoms with Gasteiger partial charge in [0, 0.05) is 12.4 Å². The Hall–Kier alpha value is -1.86. The molecule has 8 heteroatoms. The first-order valence-electron chi connectivity index (χ1n) is 6.68. The molecule has 0 spiro atoms. The van der Waals surface area contributed by atoms with Crippen LogP contribution >= 0.6 is 23.4 Å². The number of urea groups is 1. The lowest BCUT2D eigenvalue weighted by atomic mass is 10.1. The highest BCUT2D eigenvalue weighted by molar-refractivity contribution is 7.99. The summed E-state index contributed by atoms with van der Waals surface area (Å²) in [7, 11) is 0. The summed E-state index contributed by atoms with van der Waals surface area (Å²) in [6.45, 7) is 1.81. The zero-order valence-corrected chi connectivity index (χ0v) is 13.7. The van der Waals surface area contributed by atoms with E-state index in [4.69, 9.17) is 11.6 Å². The van der Waals surface area contributed by atoms with E-state index in [9.17, 15) is 13.6 Å². The van der Waals surface area contributed by atoms with E-state index < -0.39 is 11.8 Å².